The van der Waals surface area contributed by atoms with Gasteiger partial charge in [0, 0.05) is 29.0 Å². The van der Waals surface area contributed by atoms with Gasteiger partial charge in [-0.2, -0.15) is 0 Å². The number of rotatable bonds is 7. The predicted octanol–water partition coefficient (Wildman–Crippen LogP) is 6.23. The van der Waals surface area contributed by atoms with E-state index in [2.05, 4.69) is 4.99 Å². The van der Waals surface area contributed by atoms with E-state index in [1.807, 2.05) is 76.2 Å². The van der Waals surface area contributed by atoms with Crippen LogP contribution in [0.4, 0.5) is 11.5 Å². The van der Waals surface area contributed by atoms with Crippen LogP contribution in [0, 0.1) is 6.92 Å². The summed E-state index contributed by atoms with van der Waals surface area (Å²) in [5.41, 5.74) is 10.9. The highest BCUT2D eigenvalue weighted by Crippen LogP contribution is 2.27. The van der Waals surface area contributed by atoms with Crippen molar-refractivity contribution in [3.05, 3.63) is 80.6 Å². The van der Waals surface area contributed by atoms with Crippen molar-refractivity contribution in [1.29, 1.82) is 0 Å². The molecule has 2 N–H and O–H groups in total. The zero-order valence-electron chi connectivity index (χ0n) is 19.0. The molecule has 0 aliphatic carbocycles. The second-order valence-corrected chi connectivity index (χ2v) is 8.17. The summed E-state index contributed by atoms with van der Waals surface area (Å²) in [6.45, 7) is 8.26. The molecule has 1 heterocycles. The zero-order chi connectivity index (χ0) is 23.3. The van der Waals surface area contributed by atoms with Crippen molar-refractivity contribution in [1.82, 2.24) is 9.55 Å². The highest BCUT2D eigenvalue weighted by Gasteiger charge is 2.19. The van der Waals surface area contributed by atoms with Crippen LogP contribution in [0.2, 0.25) is 5.02 Å². The van der Waals surface area contributed by atoms with Crippen LogP contribution in [0.5, 0.6) is 0 Å². The van der Waals surface area contributed by atoms with Crippen LogP contribution in [0.25, 0.3) is 17.0 Å². The predicted molar refractivity (Wildman–Crippen MR) is 136 cm³/mol. The van der Waals surface area contributed by atoms with E-state index < -0.39 is 0 Å². The Labute approximate surface area is 194 Å². The maximum atomic E-state index is 13.7. The number of nitrogens with two attached hydrogens (primary N) is 1. The Bertz CT molecular complexity index is 1220. The van der Waals surface area contributed by atoms with Crippen molar-refractivity contribution < 1.29 is 0 Å². The minimum absolute atomic E-state index is 0.0997. The van der Waals surface area contributed by atoms with Crippen LogP contribution in [0.3, 0.4) is 0 Å². The quantitative estimate of drug-likeness (QED) is 0.343. The molecule has 6 heteroatoms. The number of halogens is 1. The average molecular weight is 449 g/mol. The maximum absolute atomic E-state index is 13.7. The normalized spacial score (nSPS) is 12.0. The minimum Gasteiger partial charge on any atom is -0.399 e. The fourth-order valence-corrected chi connectivity index (χ4v) is 3.56. The maximum Gasteiger partial charge on any atom is 0.263 e. The first-order valence-corrected chi connectivity index (χ1v) is 11.1. The van der Waals surface area contributed by atoms with Crippen LogP contribution in [0.15, 0.2) is 58.3 Å². The van der Waals surface area contributed by atoms with Gasteiger partial charge in [-0.1, -0.05) is 36.7 Å². The van der Waals surface area contributed by atoms with E-state index in [1.165, 1.54) is 0 Å². The largest absolute Gasteiger partial charge is 0.399 e. The number of aryl methyl sites for hydroxylation is 2. The van der Waals surface area contributed by atoms with Crippen LogP contribution in [-0.2, 0) is 13.0 Å². The topological polar surface area (TPSA) is 73.3 Å². The van der Waals surface area contributed by atoms with Crippen LogP contribution in [0.1, 0.15) is 43.9 Å². The first-order chi connectivity index (χ1) is 15.3. The molecule has 0 bridgehead atoms. The number of hydrogen-bond acceptors (Lipinski definition) is 4. The summed E-state index contributed by atoms with van der Waals surface area (Å²) < 4.78 is 1.74. The molecule has 1 aromatic heterocycles. The molecule has 0 radical (unpaired) electrons. The molecule has 3 rings (SSSR count). The van der Waals surface area contributed by atoms with Gasteiger partial charge in [-0.15, -0.1) is 0 Å². The van der Waals surface area contributed by atoms with Crippen LogP contribution in [-0.4, -0.2) is 15.8 Å². The summed E-state index contributed by atoms with van der Waals surface area (Å²) in [7, 11) is 0. The third-order valence-corrected chi connectivity index (χ3v) is 5.69. The lowest BCUT2D eigenvalue weighted by Crippen LogP contribution is -2.27. The number of allylic oxidation sites excluding steroid dienone is 2. The summed E-state index contributed by atoms with van der Waals surface area (Å²) in [5, 5.41) is 0.690. The molecule has 0 saturated carbocycles. The molecule has 0 fully saturated rings. The van der Waals surface area contributed by atoms with E-state index >= 15 is 0 Å². The van der Waals surface area contributed by atoms with E-state index in [9.17, 15) is 4.79 Å². The van der Waals surface area contributed by atoms with Crippen molar-refractivity contribution in [3.63, 3.8) is 0 Å². The lowest BCUT2D eigenvalue weighted by molar-refractivity contribution is 0.662. The molecule has 0 unspecified atom stereocenters. The number of aliphatic imine (C=N–C) groups is 1. The van der Waals surface area contributed by atoms with Gasteiger partial charge in [0.1, 0.15) is 5.82 Å². The molecule has 0 atom stereocenters. The van der Waals surface area contributed by atoms with E-state index in [-0.39, 0.29) is 5.56 Å². The Kier molecular flexibility index (Phi) is 7.65. The monoisotopic (exact) mass is 448 g/mol. The molecule has 166 valence electrons. The summed E-state index contributed by atoms with van der Waals surface area (Å²) in [5.74, 6) is 1.03. The van der Waals surface area contributed by atoms with Crippen molar-refractivity contribution >= 4 is 34.9 Å². The number of hydrogen-bond donors (Lipinski definition) is 1. The summed E-state index contributed by atoms with van der Waals surface area (Å²) >= 11 is 6.02. The van der Waals surface area contributed by atoms with Gasteiger partial charge in [0.25, 0.3) is 5.56 Å². The van der Waals surface area contributed by atoms with Gasteiger partial charge >= 0.3 is 0 Å². The molecular formula is C26H29ClN4O. The Morgan fingerprint density at radius 2 is 1.94 bits per heavy atom. The highest BCUT2D eigenvalue weighted by atomic mass is 35.5. The summed E-state index contributed by atoms with van der Waals surface area (Å²) in [4.78, 5) is 23.1. The number of nitrogens with zero attached hydrogens (tertiary/aromatic N) is 3. The molecular weight excluding hydrogens is 420 g/mol. The van der Waals surface area contributed by atoms with Crippen LogP contribution < -0.4 is 11.3 Å². The molecule has 0 aliphatic heterocycles. The number of aromatic nitrogens is 2. The second kappa shape index (κ2) is 10.4. The standard InChI is InChI=1S/C26H29ClN4O/c1-5-14-29-24-23(17(3)6-2)26(32)31(15-13-19-7-10-21(27)11-8-19)25(30-24)20-9-12-22(28)18(4)16-20/h6-12,14,16H,5,13,15,28H2,1-4H3. The fourth-order valence-electron chi connectivity index (χ4n) is 3.44. The minimum atomic E-state index is -0.0997. The molecule has 5 nitrogen and oxygen atoms in total. The van der Waals surface area contributed by atoms with Crippen molar-refractivity contribution in [2.45, 2.75) is 47.1 Å². The second-order valence-electron chi connectivity index (χ2n) is 7.73. The Hall–Kier alpha value is -3.18. The molecule has 0 saturated heterocycles. The van der Waals surface area contributed by atoms with Gasteiger partial charge in [0.2, 0.25) is 0 Å². The highest BCUT2D eigenvalue weighted by molar-refractivity contribution is 6.30. The number of anilines is 1. The van der Waals surface area contributed by atoms with Gasteiger partial charge in [0.15, 0.2) is 5.82 Å². The van der Waals surface area contributed by atoms with E-state index in [0.717, 1.165) is 28.7 Å². The van der Waals surface area contributed by atoms with Gasteiger partial charge in [-0.05, 0) is 80.6 Å². The first-order valence-electron chi connectivity index (χ1n) is 10.8. The van der Waals surface area contributed by atoms with Crippen molar-refractivity contribution in [2.75, 3.05) is 5.73 Å². The smallest absolute Gasteiger partial charge is 0.263 e. The molecule has 0 spiro atoms. The number of benzene rings is 2. The van der Waals surface area contributed by atoms with Gasteiger partial charge in [-0.3, -0.25) is 9.36 Å². The van der Waals surface area contributed by atoms with Crippen LogP contribution >= 0.6 is 11.6 Å². The molecule has 2 aromatic carbocycles. The van der Waals surface area contributed by atoms with E-state index in [1.54, 1.807) is 10.8 Å². The first kappa shape index (κ1) is 23.5. The zero-order valence-corrected chi connectivity index (χ0v) is 19.8. The molecule has 32 heavy (non-hydrogen) atoms. The van der Waals surface area contributed by atoms with Gasteiger partial charge in [0.05, 0.1) is 5.56 Å². The van der Waals surface area contributed by atoms with E-state index in [4.69, 9.17) is 22.3 Å². The number of nitrogen functional groups attached to an aromatic ring is 1. The summed E-state index contributed by atoms with van der Waals surface area (Å²) in [6.07, 6.45) is 5.13. The average Bonchev–Trinajstić information content (AvgIpc) is 2.79. The van der Waals surface area contributed by atoms with Gasteiger partial charge < -0.3 is 5.73 Å². The van der Waals surface area contributed by atoms with E-state index in [0.29, 0.717) is 40.9 Å². The molecule has 3 aromatic rings. The Morgan fingerprint density at radius 1 is 1.22 bits per heavy atom. The van der Waals surface area contributed by atoms with Crippen molar-refractivity contribution in [3.8, 4) is 11.4 Å². The van der Waals surface area contributed by atoms with Crippen molar-refractivity contribution in [2.24, 2.45) is 4.99 Å². The lowest BCUT2D eigenvalue weighted by Gasteiger charge is -2.17. The SMILES string of the molecule is CC=C(C)c1c(N=CCC)nc(-c2ccc(N)c(C)c2)n(CCc2ccc(Cl)cc2)c1=O. The molecule has 0 amide bonds. The fraction of sp³-hybridized carbons (Fsp3) is 0.269. The molecule has 0 aliphatic rings. The third-order valence-electron chi connectivity index (χ3n) is 5.44. The Morgan fingerprint density at radius 3 is 2.56 bits per heavy atom. The Balaban J connectivity index is 2.22. The van der Waals surface area contributed by atoms with Gasteiger partial charge in [-0.25, -0.2) is 9.98 Å². The lowest BCUT2D eigenvalue weighted by atomic mass is 10.1. The summed E-state index contributed by atoms with van der Waals surface area (Å²) in [6, 6.07) is 13.4. The third kappa shape index (κ3) is 5.17.